The Labute approximate surface area is 182 Å². The van der Waals surface area contributed by atoms with Crippen LogP contribution in [0.2, 0.25) is 0 Å². The molecule has 2 aromatic heterocycles. The van der Waals surface area contributed by atoms with Crippen molar-refractivity contribution in [3.05, 3.63) is 30.0 Å². The number of rotatable bonds is 4. The number of pyridine rings is 2. The summed E-state index contributed by atoms with van der Waals surface area (Å²) in [5.41, 5.74) is 8.10. The van der Waals surface area contributed by atoms with Gasteiger partial charge in [0.1, 0.15) is 11.4 Å². The predicted octanol–water partition coefficient (Wildman–Crippen LogP) is 2.15. The van der Waals surface area contributed by atoms with Crippen molar-refractivity contribution >= 4 is 29.2 Å². The van der Waals surface area contributed by atoms with Gasteiger partial charge in [0.05, 0.1) is 11.0 Å². The van der Waals surface area contributed by atoms with E-state index < -0.39 is 5.60 Å². The number of carbonyl (C=O) groups is 1. The first-order valence-corrected chi connectivity index (χ1v) is 10.8. The molecule has 31 heavy (non-hydrogen) atoms. The molecule has 2 aliphatic rings. The highest BCUT2D eigenvalue weighted by Gasteiger charge is 2.26. The van der Waals surface area contributed by atoms with Gasteiger partial charge in [0.25, 0.3) is 0 Å². The van der Waals surface area contributed by atoms with Gasteiger partial charge >= 0.3 is 6.09 Å². The van der Waals surface area contributed by atoms with Gasteiger partial charge in [-0.3, -0.25) is 14.9 Å². The van der Waals surface area contributed by atoms with E-state index in [2.05, 4.69) is 31.0 Å². The van der Waals surface area contributed by atoms with E-state index in [1.54, 1.807) is 11.0 Å². The van der Waals surface area contributed by atoms with Crippen molar-refractivity contribution in [2.45, 2.75) is 32.3 Å². The molecule has 2 aliphatic heterocycles. The Morgan fingerprint density at radius 3 is 2.68 bits per heavy atom. The number of nitrogens with zero attached hydrogens (tertiary/aromatic N) is 6. The van der Waals surface area contributed by atoms with Crippen molar-refractivity contribution in [1.29, 1.82) is 0 Å². The zero-order chi connectivity index (χ0) is 22.0. The minimum atomic E-state index is -0.457. The van der Waals surface area contributed by atoms with E-state index >= 15 is 0 Å². The fourth-order valence-corrected chi connectivity index (χ4v) is 3.81. The highest BCUT2D eigenvalue weighted by Crippen LogP contribution is 2.23. The van der Waals surface area contributed by atoms with Gasteiger partial charge in [-0.15, -0.1) is 0 Å². The van der Waals surface area contributed by atoms with Gasteiger partial charge < -0.3 is 15.4 Å². The lowest BCUT2D eigenvalue weighted by Crippen LogP contribution is -2.51. The molecule has 166 valence electrons. The monoisotopic (exact) mass is 425 g/mol. The SMILES string of the molecule is CC(C)(C)OC(=O)N1CCN(CCN2CC(c3cnc4ccc(N)nc4c3)C=N2)CC1. The van der Waals surface area contributed by atoms with Gasteiger partial charge in [0, 0.05) is 64.1 Å². The van der Waals surface area contributed by atoms with Gasteiger partial charge in [-0.1, -0.05) is 0 Å². The van der Waals surface area contributed by atoms with Crippen LogP contribution in [-0.2, 0) is 4.74 Å². The zero-order valence-electron chi connectivity index (χ0n) is 18.5. The summed E-state index contributed by atoms with van der Waals surface area (Å²) in [5, 5.41) is 6.68. The Bertz CT molecular complexity index is 964. The fraction of sp³-hybridized carbons (Fsp3) is 0.545. The van der Waals surface area contributed by atoms with Crippen molar-refractivity contribution in [3.63, 3.8) is 0 Å². The third kappa shape index (κ3) is 5.41. The number of piperazine rings is 1. The topological polar surface area (TPSA) is 100 Å². The molecule has 1 fully saturated rings. The minimum absolute atomic E-state index is 0.198. The molecule has 4 rings (SSSR count). The number of hydrogen-bond donors (Lipinski definition) is 1. The number of aromatic nitrogens is 2. The second kappa shape index (κ2) is 8.66. The van der Waals surface area contributed by atoms with Gasteiger partial charge in [0.15, 0.2) is 0 Å². The van der Waals surface area contributed by atoms with Crippen molar-refractivity contribution in [2.24, 2.45) is 5.10 Å². The van der Waals surface area contributed by atoms with Crippen LogP contribution in [0.3, 0.4) is 0 Å². The number of ether oxygens (including phenoxy) is 1. The van der Waals surface area contributed by atoms with E-state index in [4.69, 9.17) is 10.5 Å². The maximum atomic E-state index is 12.2. The Morgan fingerprint density at radius 2 is 1.94 bits per heavy atom. The average molecular weight is 426 g/mol. The van der Waals surface area contributed by atoms with Crippen LogP contribution in [0.1, 0.15) is 32.3 Å². The van der Waals surface area contributed by atoms with E-state index in [1.807, 2.05) is 39.2 Å². The highest BCUT2D eigenvalue weighted by atomic mass is 16.6. The number of anilines is 1. The lowest BCUT2D eigenvalue weighted by molar-refractivity contribution is 0.0139. The second-order valence-corrected chi connectivity index (χ2v) is 9.14. The molecule has 0 aliphatic carbocycles. The lowest BCUT2D eigenvalue weighted by Gasteiger charge is -2.36. The molecule has 1 unspecified atom stereocenters. The summed E-state index contributed by atoms with van der Waals surface area (Å²) in [4.78, 5) is 25.2. The summed E-state index contributed by atoms with van der Waals surface area (Å²) in [6, 6.07) is 5.70. The van der Waals surface area contributed by atoms with Crippen LogP contribution in [0.25, 0.3) is 11.0 Å². The van der Waals surface area contributed by atoms with E-state index in [1.165, 1.54) is 0 Å². The molecule has 9 heteroatoms. The van der Waals surface area contributed by atoms with Gasteiger partial charge in [-0.25, -0.2) is 9.78 Å². The van der Waals surface area contributed by atoms with Gasteiger partial charge in [-0.2, -0.15) is 5.10 Å². The first-order chi connectivity index (χ1) is 14.8. The summed E-state index contributed by atoms with van der Waals surface area (Å²) < 4.78 is 5.47. The number of fused-ring (bicyclic) bond motifs is 1. The molecule has 0 spiro atoms. The molecule has 1 atom stereocenters. The Hall–Kier alpha value is -2.94. The van der Waals surface area contributed by atoms with Crippen LogP contribution in [0.15, 0.2) is 29.5 Å². The Kier molecular flexibility index (Phi) is 5.95. The third-order valence-corrected chi connectivity index (χ3v) is 5.52. The number of hydrogen-bond acceptors (Lipinski definition) is 8. The predicted molar refractivity (Wildman–Crippen MR) is 121 cm³/mol. The molecular weight excluding hydrogens is 394 g/mol. The first-order valence-electron chi connectivity index (χ1n) is 10.8. The van der Waals surface area contributed by atoms with Crippen LogP contribution in [0.5, 0.6) is 0 Å². The Morgan fingerprint density at radius 1 is 1.16 bits per heavy atom. The van der Waals surface area contributed by atoms with Crippen molar-refractivity contribution < 1.29 is 9.53 Å². The van der Waals surface area contributed by atoms with Crippen LogP contribution in [0.4, 0.5) is 10.6 Å². The lowest BCUT2D eigenvalue weighted by atomic mass is 10.0. The van der Waals surface area contributed by atoms with Crippen molar-refractivity contribution in [3.8, 4) is 0 Å². The number of hydrazone groups is 1. The van der Waals surface area contributed by atoms with Crippen LogP contribution < -0.4 is 5.73 Å². The molecule has 0 saturated carbocycles. The maximum Gasteiger partial charge on any atom is 0.410 e. The van der Waals surface area contributed by atoms with Crippen molar-refractivity contribution in [1.82, 2.24) is 24.8 Å². The highest BCUT2D eigenvalue weighted by molar-refractivity contribution is 5.78. The molecule has 9 nitrogen and oxygen atoms in total. The Balaban J connectivity index is 1.24. The van der Waals surface area contributed by atoms with E-state index in [-0.39, 0.29) is 12.0 Å². The second-order valence-electron chi connectivity index (χ2n) is 9.14. The summed E-state index contributed by atoms with van der Waals surface area (Å²) in [5.74, 6) is 0.698. The van der Waals surface area contributed by atoms with Crippen LogP contribution in [-0.4, -0.2) is 88.5 Å². The summed E-state index contributed by atoms with van der Waals surface area (Å²) in [6.07, 6.45) is 3.66. The maximum absolute atomic E-state index is 12.2. The number of nitrogen functional groups attached to an aromatic ring is 1. The molecular formula is C22H31N7O2. The summed E-state index contributed by atoms with van der Waals surface area (Å²) in [6.45, 7) is 11.4. The van der Waals surface area contributed by atoms with Gasteiger partial charge in [0.2, 0.25) is 0 Å². The quantitative estimate of drug-likeness (QED) is 0.801. The zero-order valence-corrected chi connectivity index (χ0v) is 18.5. The summed E-state index contributed by atoms with van der Waals surface area (Å²) in [7, 11) is 0. The standard InChI is InChI=1S/C22H31N7O2/c1-22(2,3)31-21(30)28-9-6-27(7-10-28)8-11-29-15-17(14-25-29)16-12-19-18(24-13-16)4-5-20(23)26-19/h4-5,12-14,17H,6-11,15H2,1-3H3,(H2,23,26). The third-order valence-electron chi connectivity index (χ3n) is 5.52. The van der Waals surface area contributed by atoms with E-state index in [0.717, 1.165) is 49.3 Å². The van der Waals surface area contributed by atoms with E-state index in [0.29, 0.717) is 18.9 Å². The molecule has 4 heterocycles. The summed E-state index contributed by atoms with van der Waals surface area (Å²) >= 11 is 0. The molecule has 0 aromatic carbocycles. The van der Waals surface area contributed by atoms with Crippen LogP contribution in [0, 0.1) is 0 Å². The molecule has 0 bridgehead atoms. The largest absolute Gasteiger partial charge is 0.444 e. The van der Waals surface area contributed by atoms with Crippen LogP contribution >= 0.6 is 0 Å². The molecule has 2 aromatic rings. The normalized spacial score (nSPS) is 19.9. The fourth-order valence-electron chi connectivity index (χ4n) is 3.81. The van der Waals surface area contributed by atoms with Gasteiger partial charge in [-0.05, 0) is 44.5 Å². The number of carbonyl (C=O) groups excluding carboxylic acids is 1. The van der Waals surface area contributed by atoms with Crippen molar-refractivity contribution in [2.75, 3.05) is 51.5 Å². The molecule has 1 saturated heterocycles. The average Bonchev–Trinajstić information content (AvgIpc) is 3.20. The van der Waals surface area contributed by atoms with E-state index in [9.17, 15) is 4.79 Å². The molecule has 1 amide bonds. The molecule has 2 N–H and O–H groups in total. The number of amides is 1. The first kappa shape index (κ1) is 21.3. The molecule has 0 radical (unpaired) electrons. The number of nitrogens with two attached hydrogens (primary N) is 1. The minimum Gasteiger partial charge on any atom is -0.444 e. The smallest absolute Gasteiger partial charge is 0.410 e.